The molecule has 3 aromatic rings. The van der Waals surface area contributed by atoms with E-state index < -0.39 is 12.5 Å². The molecule has 0 radical (unpaired) electrons. The molecule has 29 heavy (non-hydrogen) atoms. The van der Waals surface area contributed by atoms with E-state index in [2.05, 4.69) is 0 Å². The Morgan fingerprint density at radius 2 is 1.72 bits per heavy atom. The summed E-state index contributed by atoms with van der Waals surface area (Å²) in [7, 11) is 1.51. The van der Waals surface area contributed by atoms with Crippen molar-refractivity contribution in [2.24, 2.45) is 0 Å². The molecule has 0 unspecified atom stereocenters. The van der Waals surface area contributed by atoms with Crippen molar-refractivity contribution in [2.75, 3.05) is 12.0 Å². The highest BCUT2D eigenvalue weighted by Crippen LogP contribution is 2.35. The maximum absolute atomic E-state index is 14.0. The van der Waals surface area contributed by atoms with Crippen molar-refractivity contribution in [3.8, 4) is 17.2 Å². The first-order valence-electron chi connectivity index (χ1n) is 9.04. The highest BCUT2D eigenvalue weighted by molar-refractivity contribution is 5.93. The minimum Gasteiger partial charge on any atom is -0.497 e. The Morgan fingerprint density at radius 1 is 0.966 bits per heavy atom. The summed E-state index contributed by atoms with van der Waals surface area (Å²) < 4.78 is 38.6. The lowest BCUT2D eigenvalue weighted by Crippen LogP contribution is -2.28. The van der Waals surface area contributed by atoms with Crippen LogP contribution in [0.1, 0.15) is 18.1 Å². The Labute approximate surface area is 168 Å². The van der Waals surface area contributed by atoms with Gasteiger partial charge in [-0.3, -0.25) is 4.79 Å². The number of methoxy groups -OCH3 is 1. The summed E-state index contributed by atoms with van der Waals surface area (Å²) in [5.74, 6) is 0.567. The van der Waals surface area contributed by atoms with Crippen molar-refractivity contribution in [1.82, 2.24) is 0 Å². The third kappa shape index (κ3) is 4.90. The third-order valence-electron chi connectivity index (χ3n) is 4.45. The average molecular weight is 397 g/mol. The SMILES string of the molecule is COc1ccc(CF)c(CN(C(C)=O)c2cc(F)ccc2Oc2ccccc2)c1. The Kier molecular flexibility index (Phi) is 6.44. The van der Waals surface area contributed by atoms with Crippen molar-refractivity contribution in [2.45, 2.75) is 20.1 Å². The van der Waals surface area contributed by atoms with Gasteiger partial charge in [0.2, 0.25) is 5.91 Å². The molecule has 0 aliphatic heterocycles. The molecule has 0 fully saturated rings. The van der Waals surface area contributed by atoms with Crippen LogP contribution in [-0.2, 0) is 18.0 Å². The summed E-state index contributed by atoms with van der Waals surface area (Å²) in [6.07, 6.45) is 0. The van der Waals surface area contributed by atoms with Gasteiger partial charge in [-0.25, -0.2) is 8.78 Å². The van der Waals surface area contributed by atoms with E-state index in [4.69, 9.17) is 9.47 Å². The summed E-state index contributed by atoms with van der Waals surface area (Å²) in [6, 6.07) is 17.9. The Hall–Kier alpha value is -3.41. The molecule has 0 heterocycles. The van der Waals surface area contributed by atoms with Crippen LogP contribution in [0.2, 0.25) is 0 Å². The molecule has 0 aliphatic carbocycles. The van der Waals surface area contributed by atoms with Gasteiger partial charge >= 0.3 is 0 Å². The molecule has 6 heteroatoms. The number of benzene rings is 3. The predicted molar refractivity (Wildman–Crippen MR) is 108 cm³/mol. The molecule has 0 spiro atoms. The molecular formula is C23H21F2NO3. The standard InChI is InChI=1S/C23H21F2NO3/c1-16(27)26(15-18-12-21(28-2)10-8-17(18)14-24)22-13-19(25)9-11-23(22)29-20-6-4-3-5-7-20/h3-13H,14-15H2,1-2H3. The average Bonchev–Trinajstić information content (AvgIpc) is 2.73. The Bertz CT molecular complexity index is 993. The lowest BCUT2D eigenvalue weighted by molar-refractivity contribution is -0.116. The van der Waals surface area contributed by atoms with Gasteiger partial charge in [-0.15, -0.1) is 0 Å². The second kappa shape index (κ2) is 9.19. The fourth-order valence-electron chi connectivity index (χ4n) is 2.95. The van der Waals surface area contributed by atoms with E-state index in [1.165, 1.54) is 37.1 Å². The number of halogens is 2. The van der Waals surface area contributed by atoms with Crippen molar-refractivity contribution in [3.63, 3.8) is 0 Å². The number of ether oxygens (including phenoxy) is 2. The number of rotatable bonds is 7. The van der Waals surface area contributed by atoms with E-state index in [1.807, 2.05) is 18.2 Å². The lowest BCUT2D eigenvalue weighted by Gasteiger charge is -2.25. The molecule has 0 atom stereocenters. The van der Waals surface area contributed by atoms with Crippen LogP contribution in [0.4, 0.5) is 14.5 Å². The second-order valence-corrected chi connectivity index (χ2v) is 6.40. The molecule has 1 amide bonds. The van der Waals surface area contributed by atoms with Crippen LogP contribution < -0.4 is 14.4 Å². The smallest absolute Gasteiger partial charge is 0.224 e. The maximum atomic E-state index is 14.0. The zero-order valence-corrected chi connectivity index (χ0v) is 16.2. The molecule has 4 nitrogen and oxygen atoms in total. The highest BCUT2D eigenvalue weighted by atomic mass is 19.1. The summed E-state index contributed by atoms with van der Waals surface area (Å²) in [5.41, 5.74) is 1.25. The first-order chi connectivity index (χ1) is 14.0. The van der Waals surface area contributed by atoms with Gasteiger partial charge in [0, 0.05) is 13.0 Å². The van der Waals surface area contributed by atoms with Gasteiger partial charge in [0.25, 0.3) is 0 Å². The topological polar surface area (TPSA) is 38.8 Å². The summed E-state index contributed by atoms with van der Waals surface area (Å²) in [5, 5.41) is 0. The van der Waals surface area contributed by atoms with Gasteiger partial charge in [-0.1, -0.05) is 24.3 Å². The molecule has 0 aliphatic rings. The first-order valence-corrected chi connectivity index (χ1v) is 9.04. The molecule has 0 saturated carbocycles. The van der Waals surface area contributed by atoms with Crippen molar-refractivity contribution < 1.29 is 23.0 Å². The maximum Gasteiger partial charge on any atom is 0.224 e. The van der Waals surface area contributed by atoms with Crippen LogP contribution in [0.3, 0.4) is 0 Å². The van der Waals surface area contributed by atoms with E-state index in [9.17, 15) is 13.6 Å². The van der Waals surface area contributed by atoms with Crippen molar-refractivity contribution in [3.05, 3.63) is 83.7 Å². The summed E-state index contributed by atoms with van der Waals surface area (Å²) >= 11 is 0. The molecule has 3 rings (SSSR count). The van der Waals surface area contributed by atoms with Gasteiger partial charge < -0.3 is 14.4 Å². The van der Waals surface area contributed by atoms with Gasteiger partial charge in [-0.05, 0) is 47.5 Å². The second-order valence-electron chi connectivity index (χ2n) is 6.40. The highest BCUT2D eigenvalue weighted by Gasteiger charge is 2.20. The number of hydrogen-bond acceptors (Lipinski definition) is 3. The molecule has 0 N–H and O–H groups in total. The van der Waals surface area contributed by atoms with Crippen LogP contribution in [0, 0.1) is 5.82 Å². The summed E-state index contributed by atoms with van der Waals surface area (Å²) in [4.78, 5) is 13.8. The zero-order valence-electron chi connectivity index (χ0n) is 16.2. The van der Waals surface area contributed by atoms with E-state index in [-0.39, 0.29) is 18.1 Å². The minimum absolute atomic E-state index is 0.0421. The predicted octanol–water partition coefficient (Wildman–Crippen LogP) is 5.65. The van der Waals surface area contributed by atoms with Gasteiger partial charge in [-0.2, -0.15) is 0 Å². The summed E-state index contributed by atoms with van der Waals surface area (Å²) in [6.45, 7) is 0.717. The lowest BCUT2D eigenvalue weighted by atomic mass is 10.1. The largest absolute Gasteiger partial charge is 0.497 e. The van der Waals surface area contributed by atoms with Crippen LogP contribution in [0.25, 0.3) is 0 Å². The van der Waals surface area contributed by atoms with Gasteiger partial charge in [0.15, 0.2) is 5.75 Å². The zero-order chi connectivity index (χ0) is 20.8. The number of anilines is 1. The number of para-hydroxylation sites is 1. The van der Waals surface area contributed by atoms with E-state index in [0.29, 0.717) is 28.4 Å². The van der Waals surface area contributed by atoms with E-state index in [1.54, 1.807) is 30.3 Å². The number of nitrogens with zero attached hydrogens (tertiary/aromatic N) is 1. The van der Waals surface area contributed by atoms with Crippen molar-refractivity contribution in [1.29, 1.82) is 0 Å². The third-order valence-corrected chi connectivity index (χ3v) is 4.45. The number of carbonyl (C=O) groups is 1. The van der Waals surface area contributed by atoms with Crippen LogP contribution in [0.15, 0.2) is 66.7 Å². The number of hydrogen-bond donors (Lipinski definition) is 0. The molecule has 0 saturated heterocycles. The van der Waals surface area contributed by atoms with E-state index >= 15 is 0 Å². The van der Waals surface area contributed by atoms with Gasteiger partial charge in [0.1, 0.15) is 24.0 Å². The first kappa shape index (κ1) is 20.3. The molecule has 150 valence electrons. The quantitative estimate of drug-likeness (QED) is 0.517. The number of carbonyl (C=O) groups excluding carboxylic acids is 1. The van der Waals surface area contributed by atoms with Crippen LogP contribution in [-0.4, -0.2) is 13.0 Å². The fraction of sp³-hybridized carbons (Fsp3) is 0.174. The van der Waals surface area contributed by atoms with Crippen molar-refractivity contribution >= 4 is 11.6 Å². The normalized spacial score (nSPS) is 10.5. The minimum atomic E-state index is -0.693. The van der Waals surface area contributed by atoms with Crippen LogP contribution in [0.5, 0.6) is 17.2 Å². The Balaban J connectivity index is 2.02. The Morgan fingerprint density at radius 3 is 2.38 bits per heavy atom. The molecule has 0 aromatic heterocycles. The van der Waals surface area contributed by atoms with E-state index in [0.717, 1.165) is 0 Å². The molecule has 3 aromatic carbocycles. The van der Waals surface area contributed by atoms with Gasteiger partial charge in [0.05, 0.1) is 19.3 Å². The fourth-order valence-corrected chi connectivity index (χ4v) is 2.95. The molecule has 0 bridgehead atoms. The molecular weight excluding hydrogens is 376 g/mol. The number of amides is 1. The monoisotopic (exact) mass is 397 g/mol. The van der Waals surface area contributed by atoms with Crippen LogP contribution >= 0.6 is 0 Å². The number of alkyl halides is 1.